The Bertz CT molecular complexity index is 506. The summed E-state index contributed by atoms with van der Waals surface area (Å²) >= 11 is 5.78. The van der Waals surface area contributed by atoms with E-state index in [-0.39, 0.29) is 11.8 Å². The van der Waals surface area contributed by atoms with Gasteiger partial charge in [0, 0.05) is 5.02 Å². The minimum atomic E-state index is -0.762. The molecule has 0 radical (unpaired) electrons. The van der Waals surface area contributed by atoms with Crippen molar-refractivity contribution in [3.63, 3.8) is 0 Å². The standard InChI is InChI=1S/C12H12ClN3O2/c1-8(2)18-12(17)11(7-14)16-15-10-5-3-4-9(13)6-10/h3-6,8,15H,1-2H3/b16-11+. The van der Waals surface area contributed by atoms with Crippen molar-refractivity contribution in [3.8, 4) is 6.07 Å². The smallest absolute Gasteiger partial charge is 0.370 e. The molecule has 18 heavy (non-hydrogen) atoms. The quantitative estimate of drug-likeness (QED) is 0.516. The Morgan fingerprint density at radius 2 is 2.28 bits per heavy atom. The van der Waals surface area contributed by atoms with Crippen LogP contribution < -0.4 is 5.43 Å². The SMILES string of the molecule is CC(C)OC(=O)/C(C#N)=N/Nc1cccc(Cl)c1. The van der Waals surface area contributed by atoms with E-state index in [0.29, 0.717) is 10.7 Å². The summed E-state index contributed by atoms with van der Waals surface area (Å²) in [4.78, 5) is 11.4. The first-order chi connectivity index (χ1) is 8.52. The lowest BCUT2D eigenvalue weighted by atomic mass is 10.3. The molecule has 0 amide bonds. The zero-order valence-corrected chi connectivity index (χ0v) is 10.7. The second kappa shape index (κ2) is 6.62. The molecule has 0 aliphatic carbocycles. The van der Waals surface area contributed by atoms with Crippen LogP contribution in [0.3, 0.4) is 0 Å². The maximum atomic E-state index is 11.4. The van der Waals surface area contributed by atoms with Gasteiger partial charge in [0.2, 0.25) is 5.71 Å². The van der Waals surface area contributed by atoms with Gasteiger partial charge in [0.15, 0.2) is 0 Å². The minimum absolute atomic E-state index is 0.304. The molecule has 0 unspecified atom stereocenters. The summed E-state index contributed by atoms with van der Waals surface area (Å²) in [6, 6.07) is 8.42. The number of halogens is 1. The molecular weight excluding hydrogens is 254 g/mol. The van der Waals surface area contributed by atoms with Crippen LogP contribution in [-0.4, -0.2) is 17.8 Å². The summed E-state index contributed by atoms with van der Waals surface area (Å²) in [5.41, 5.74) is 2.80. The van der Waals surface area contributed by atoms with Crippen molar-refractivity contribution >= 4 is 29.0 Å². The number of rotatable bonds is 4. The van der Waals surface area contributed by atoms with E-state index < -0.39 is 5.97 Å². The highest BCUT2D eigenvalue weighted by Gasteiger charge is 2.14. The van der Waals surface area contributed by atoms with E-state index in [9.17, 15) is 4.79 Å². The predicted molar refractivity (Wildman–Crippen MR) is 69.4 cm³/mol. The van der Waals surface area contributed by atoms with Crippen LogP contribution in [0.5, 0.6) is 0 Å². The number of nitriles is 1. The Kier molecular flexibility index (Phi) is 5.15. The fourth-order valence-electron chi connectivity index (χ4n) is 1.06. The molecule has 0 fully saturated rings. The summed E-state index contributed by atoms with van der Waals surface area (Å²) in [5, 5.41) is 13.0. The number of esters is 1. The van der Waals surface area contributed by atoms with E-state index in [2.05, 4.69) is 10.5 Å². The summed E-state index contributed by atoms with van der Waals surface area (Å²) in [6.07, 6.45) is -0.304. The van der Waals surface area contributed by atoms with Gasteiger partial charge < -0.3 is 4.74 Å². The third-order valence-corrected chi connectivity index (χ3v) is 2.00. The van der Waals surface area contributed by atoms with Crippen molar-refractivity contribution in [1.82, 2.24) is 0 Å². The number of ether oxygens (including phenoxy) is 1. The molecule has 1 aromatic carbocycles. The van der Waals surface area contributed by atoms with Crippen LogP contribution in [-0.2, 0) is 9.53 Å². The van der Waals surface area contributed by atoms with Crippen LogP contribution in [0.4, 0.5) is 5.69 Å². The largest absolute Gasteiger partial charge is 0.458 e. The molecule has 6 heteroatoms. The van der Waals surface area contributed by atoms with E-state index in [0.717, 1.165) is 0 Å². The van der Waals surface area contributed by atoms with Gasteiger partial charge in [-0.1, -0.05) is 17.7 Å². The normalized spacial score (nSPS) is 10.9. The van der Waals surface area contributed by atoms with Gasteiger partial charge in [-0.25, -0.2) is 4.79 Å². The monoisotopic (exact) mass is 265 g/mol. The van der Waals surface area contributed by atoms with E-state index in [1.54, 1.807) is 44.2 Å². The maximum absolute atomic E-state index is 11.4. The topological polar surface area (TPSA) is 74.5 Å². The number of hydrogen-bond acceptors (Lipinski definition) is 5. The van der Waals surface area contributed by atoms with Crippen molar-refractivity contribution < 1.29 is 9.53 Å². The highest BCUT2D eigenvalue weighted by molar-refractivity contribution is 6.43. The van der Waals surface area contributed by atoms with Crippen LogP contribution in [0.25, 0.3) is 0 Å². The van der Waals surface area contributed by atoms with Crippen LogP contribution >= 0.6 is 11.6 Å². The van der Waals surface area contributed by atoms with E-state index >= 15 is 0 Å². The summed E-state index contributed by atoms with van der Waals surface area (Å²) in [5.74, 6) is -0.762. The van der Waals surface area contributed by atoms with Gasteiger partial charge in [-0.2, -0.15) is 10.4 Å². The summed E-state index contributed by atoms with van der Waals surface area (Å²) < 4.78 is 4.86. The molecule has 0 atom stereocenters. The molecule has 0 aliphatic rings. The number of nitrogens with one attached hydrogen (secondary N) is 1. The van der Waals surface area contributed by atoms with Gasteiger partial charge in [-0.3, -0.25) is 5.43 Å². The van der Waals surface area contributed by atoms with Gasteiger partial charge in [-0.15, -0.1) is 0 Å². The first kappa shape index (κ1) is 14.0. The van der Waals surface area contributed by atoms with Crippen LogP contribution in [0.2, 0.25) is 5.02 Å². The molecule has 1 rings (SSSR count). The molecule has 0 saturated carbocycles. The van der Waals surface area contributed by atoms with Crippen molar-refractivity contribution in [1.29, 1.82) is 5.26 Å². The van der Waals surface area contributed by atoms with E-state index in [1.165, 1.54) is 0 Å². The highest BCUT2D eigenvalue weighted by Crippen LogP contribution is 2.14. The zero-order valence-electron chi connectivity index (χ0n) is 9.98. The van der Waals surface area contributed by atoms with Crippen LogP contribution in [0.15, 0.2) is 29.4 Å². The molecule has 0 spiro atoms. The first-order valence-corrected chi connectivity index (χ1v) is 5.61. The molecule has 0 aliphatic heterocycles. The Labute approximate surface area is 110 Å². The second-order valence-electron chi connectivity index (χ2n) is 3.65. The Hall–Kier alpha value is -2.06. The molecule has 0 saturated heterocycles. The van der Waals surface area contributed by atoms with Crippen molar-refractivity contribution in [2.45, 2.75) is 20.0 Å². The number of anilines is 1. The van der Waals surface area contributed by atoms with Crippen molar-refractivity contribution in [3.05, 3.63) is 29.3 Å². The van der Waals surface area contributed by atoms with Crippen LogP contribution in [0.1, 0.15) is 13.8 Å². The number of benzene rings is 1. The first-order valence-electron chi connectivity index (χ1n) is 5.23. The maximum Gasteiger partial charge on any atom is 0.370 e. The molecule has 5 nitrogen and oxygen atoms in total. The number of carbonyl (C=O) groups is 1. The lowest BCUT2D eigenvalue weighted by Gasteiger charge is -2.06. The van der Waals surface area contributed by atoms with Crippen molar-refractivity contribution in [2.24, 2.45) is 5.10 Å². The summed E-state index contributed by atoms with van der Waals surface area (Å²) in [6.45, 7) is 3.38. The minimum Gasteiger partial charge on any atom is -0.458 e. The summed E-state index contributed by atoms with van der Waals surface area (Å²) in [7, 11) is 0. The van der Waals surface area contributed by atoms with Gasteiger partial charge >= 0.3 is 5.97 Å². The lowest BCUT2D eigenvalue weighted by Crippen LogP contribution is -2.20. The number of carbonyl (C=O) groups excluding carboxylic acids is 1. The molecule has 0 aromatic heterocycles. The van der Waals surface area contributed by atoms with Crippen molar-refractivity contribution in [2.75, 3.05) is 5.43 Å². The molecule has 0 heterocycles. The second-order valence-corrected chi connectivity index (χ2v) is 4.08. The Morgan fingerprint density at radius 1 is 1.56 bits per heavy atom. The highest BCUT2D eigenvalue weighted by atomic mass is 35.5. The zero-order chi connectivity index (χ0) is 13.5. The molecular formula is C12H12ClN3O2. The number of hydrogen-bond donors (Lipinski definition) is 1. The molecule has 94 valence electrons. The Morgan fingerprint density at radius 3 is 2.83 bits per heavy atom. The van der Waals surface area contributed by atoms with Gasteiger partial charge in [0.05, 0.1) is 11.8 Å². The fourth-order valence-corrected chi connectivity index (χ4v) is 1.25. The Balaban J connectivity index is 2.75. The average molecular weight is 266 g/mol. The third kappa shape index (κ3) is 4.44. The fraction of sp³-hybridized carbons (Fsp3) is 0.250. The average Bonchev–Trinajstić information content (AvgIpc) is 2.29. The number of nitrogens with zero attached hydrogens (tertiary/aromatic N) is 2. The number of hydrazone groups is 1. The lowest BCUT2D eigenvalue weighted by molar-refractivity contribution is -0.138. The van der Waals surface area contributed by atoms with Gasteiger partial charge in [0.1, 0.15) is 6.07 Å². The third-order valence-electron chi connectivity index (χ3n) is 1.76. The van der Waals surface area contributed by atoms with E-state index in [4.69, 9.17) is 21.6 Å². The molecule has 0 bridgehead atoms. The molecule has 1 N–H and O–H groups in total. The predicted octanol–water partition coefficient (Wildman–Crippen LogP) is 2.58. The van der Waals surface area contributed by atoms with Crippen LogP contribution in [0, 0.1) is 11.3 Å². The molecule has 1 aromatic rings. The van der Waals surface area contributed by atoms with Gasteiger partial charge in [0.25, 0.3) is 0 Å². The van der Waals surface area contributed by atoms with E-state index in [1.807, 2.05) is 0 Å². The van der Waals surface area contributed by atoms with Gasteiger partial charge in [-0.05, 0) is 32.0 Å².